The predicted molar refractivity (Wildman–Crippen MR) is 152 cm³/mol. The Bertz CT molecular complexity index is 1180. The van der Waals surface area contributed by atoms with Gasteiger partial charge in [-0.15, -0.1) is 0 Å². The summed E-state index contributed by atoms with van der Waals surface area (Å²) in [6.07, 6.45) is 7.19. The molecule has 0 unspecified atom stereocenters. The molecule has 8 nitrogen and oxygen atoms in total. The Morgan fingerprint density at radius 2 is 1.67 bits per heavy atom. The molecular weight excluding hydrogens is 567 g/mol. The summed E-state index contributed by atoms with van der Waals surface area (Å²) in [4.78, 5) is 24.3. The number of anilines is 6. The van der Waals surface area contributed by atoms with Gasteiger partial charge in [0, 0.05) is 36.6 Å². The number of carbonyl (C=O) groups is 1. The van der Waals surface area contributed by atoms with Crippen LogP contribution < -0.4 is 20.9 Å². The Kier molecular flexibility index (Phi) is 8.17. The smallest absolute Gasteiger partial charge is 0.229 e. The quantitative estimate of drug-likeness (QED) is 0.291. The van der Waals surface area contributed by atoms with Crippen LogP contribution in [0.5, 0.6) is 0 Å². The summed E-state index contributed by atoms with van der Waals surface area (Å²) in [5.74, 6) is 1.37. The molecule has 0 atom stereocenters. The first-order valence-corrected chi connectivity index (χ1v) is 13.6. The Morgan fingerprint density at radius 3 is 2.42 bits per heavy atom. The van der Waals surface area contributed by atoms with Crippen LogP contribution in [-0.4, -0.2) is 42.2 Å². The number of para-hydroxylation sites is 2. The molecule has 2 aliphatic rings. The number of halogens is 1. The molecular formula is C27H31IN6O2. The third-order valence-corrected chi connectivity index (χ3v) is 7.45. The zero-order chi connectivity index (χ0) is 24.7. The van der Waals surface area contributed by atoms with Crippen molar-refractivity contribution in [3.63, 3.8) is 0 Å². The van der Waals surface area contributed by atoms with Gasteiger partial charge in [-0.25, -0.2) is 4.98 Å². The third kappa shape index (κ3) is 6.25. The van der Waals surface area contributed by atoms with Crippen molar-refractivity contribution in [2.45, 2.75) is 32.1 Å². The monoisotopic (exact) mass is 598 g/mol. The number of carbonyl (C=O) groups excluding carboxylic acids is 1. The average molecular weight is 598 g/mol. The molecule has 2 heterocycles. The van der Waals surface area contributed by atoms with Gasteiger partial charge in [0.25, 0.3) is 0 Å². The zero-order valence-corrected chi connectivity index (χ0v) is 22.3. The topological polar surface area (TPSA) is 91.4 Å². The maximum atomic E-state index is 12.8. The van der Waals surface area contributed by atoms with Crippen molar-refractivity contribution in [3.8, 4) is 0 Å². The van der Waals surface area contributed by atoms with Gasteiger partial charge in [-0.05, 0) is 71.8 Å². The molecule has 3 aromatic rings. The molecule has 36 heavy (non-hydrogen) atoms. The lowest BCUT2D eigenvalue weighted by Crippen LogP contribution is -2.36. The lowest BCUT2D eigenvalue weighted by Gasteiger charge is -2.28. The molecule has 1 saturated heterocycles. The summed E-state index contributed by atoms with van der Waals surface area (Å²) in [5, 5.41) is 9.83. The summed E-state index contributed by atoms with van der Waals surface area (Å²) in [6.45, 7) is 3.34. The van der Waals surface area contributed by atoms with Gasteiger partial charge in [0.1, 0.15) is 5.82 Å². The van der Waals surface area contributed by atoms with Crippen LogP contribution in [0.4, 0.5) is 34.5 Å². The first-order valence-electron chi connectivity index (χ1n) is 12.5. The summed E-state index contributed by atoms with van der Waals surface area (Å²) in [6, 6.07) is 16.0. The highest BCUT2D eigenvalue weighted by atomic mass is 127. The number of hydrogen-bond acceptors (Lipinski definition) is 7. The highest BCUT2D eigenvalue weighted by Crippen LogP contribution is 2.30. The van der Waals surface area contributed by atoms with Gasteiger partial charge in [-0.3, -0.25) is 4.79 Å². The number of nitrogens with one attached hydrogen (secondary N) is 3. The fourth-order valence-corrected chi connectivity index (χ4v) is 5.04. The van der Waals surface area contributed by atoms with Gasteiger partial charge in [-0.2, -0.15) is 4.98 Å². The second-order valence-corrected chi connectivity index (χ2v) is 10.3. The van der Waals surface area contributed by atoms with Crippen LogP contribution in [0, 0.1) is 9.49 Å². The van der Waals surface area contributed by atoms with E-state index in [0.29, 0.717) is 11.8 Å². The van der Waals surface area contributed by atoms with Gasteiger partial charge >= 0.3 is 0 Å². The van der Waals surface area contributed by atoms with Crippen LogP contribution in [0.25, 0.3) is 0 Å². The largest absolute Gasteiger partial charge is 0.378 e. The van der Waals surface area contributed by atoms with E-state index in [4.69, 9.17) is 9.72 Å². The van der Waals surface area contributed by atoms with E-state index in [-0.39, 0.29) is 11.8 Å². The summed E-state index contributed by atoms with van der Waals surface area (Å²) in [5.41, 5.74) is 3.66. The molecule has 9 heteroatoms. The molecule has 2 fully saturated rings. The fraction of sp³-hybridized carbons (Fsp3) is 0.370. The summed E-state index contributed by atoms with van der Waals surface area (Å²) >= 11 is 2.22. The second kappa shape index (κ2) is 11.9. The van der Waals surface area contributed by atoms with Crippen molar-refractivity contribution >= 4 is 63.0 Å². The number of rotatable bonds is 7. The molecule has 1 aliphatic heterocycles. The van der Waals surface area contributed by atoms with Crippen LogP contribution in [0.15, 0.2) is 54.7 Å². The van der Waals surface area contributed by atoms with Gasteiger partial charge in [0.05, 0.1) is 28.2 Å². The highest BCUT2D eigenvalue weighted by Gasteiger charge is 2.22. The van der Waals surface area contributed by atoms with Gasteiger partial charge in [-0.1, -0.05) is 31.4 Å². The first kappa shape index (κ1) is 24.8. The van der Waals surface area contributed by atoms with E-state index in [1.54, 1.807) is 6.20 Å². The second-order valence-electron chi connectivity index (χ2n) is 9.16. The van der Waals surface area contributed by atoms with Crippen molar-refractivity contribution < 1.29 is 9.53 Å². The summed E-state index contributed by atoms with van der Waals surface area (Å²) < 4.78 is 6.33. The Balaban J connectivity index is 1.27. The van der Waals surface area contributed by atoms with E-state index in [1.165, 1.54) is 12.1 Å². The number of amides is 1. The predicted octanol–water partition coefficient (Wildman–Crippen LogP) is 5.92. The minimum atomic E-state index is 0.0939. The summed E-state index contributed by atoms with van der Waals surface area (Å²) in [7, 11) is 0. The van der Waals surface area contributed by atoms with Gasteiger partial charge in [0.15, 0.2) is 0 Å². The molecule has 1 aliphatic carbocycles. The first-order chi connectivity index (χ1) is 17.7. The van der Waals surface area contributed by atoms with Crippen molar-refractivity contribution in [3.05, 3.63) is 58.3 Å². The average Bonchev–Trinajstić information content (AvgIpc) is 2.93. The fourth-order valence-electron chi connectivity index (χ4n) is 4.65. The van der Waals surface area contributed by atoms with E-state index in [2.05, 4.69) is 60.6 Å². The van der Waals surface area contributed by atoms with Crippen LogP contribution in [0.1, 0.15) is 32.1 Å². The molecule has 1 saturated carbocycles. The zero-order valence-electron chi connectivity index (χ0n) is 20.2. The van der Waals surface area contributed by atoms with Crippen molar-refractivity contribution in [1.29, 1.82) is 0 Å². The molecule has 1 amide bonds. The van der Waals surface area contributed by atoms with Crippen LogP contribution in [0.3, 0.4) is 0 Å². The van der Waals surface area contributed by atoms with E-state index >= 15 is 0 Å². The van der Waals surface area contributed by atoms with E-state index in [0.717, 1.165) is 72.6 Å². The number of morpholine rings is 1. The van der Waals surface area contributed by atoms with Crippen molar-refractivity contribution in [2.75, 3.05) is 47.2 Å². The van der Waals surface area contributed by atoms with Crippen LogP contribution >= 0.6 is 22.6 Å². The molecule has 0 bridgehead atoms. The lowest BCUT2D eigenvalue weighted by molar-refractivity contribution is -0.120. The number of hydrogen-bond donors (Lipinski definition) is 3. The van der Waals surface area contributed by atoms with Crippen molar-refractivity contribution in [1.82, 2.24) is 9.97 Å². The molecule has 188 valence electrons. The normalized spacial score (nSPS) is 16.4. The van der Waals surface area contributed by atoms with E-state index in [9.17, 15) is 4.79 Å². The minimum absolute atomic E-state index is 0.0939. The SMILES string of the molecule is O=C(Nc1ccccc1Nc1nc(Nc2ccc(N3CCOCC3)cc2)ncc1I)C1CCCCC1. The van der Waals surface area contributed by atoms with Crippen LogP contribution in [0.2, 0.25) is 0 Å². The van der Waals surface area contributed by atoms with Gasteiger partial charge in [0.2, 0.25) is 11.9 Å². The number of benzene rings is 2. The minimum Gasteiger partial charge on any atom is -0.378 e. The number of aromatic nitrogens is 2. The third-order valence-electron chi connectivity index (χ3n) is 6.66. The van der Waals surface area contributed by atoms with Crippen LogP contribution in [-0.2, 0) is 9.53 Å². The molecule has 2 aromatic carbocycles. The van der Waals surface area contributed by atoms with Crippen molar-refractivity contribution in [2.24, 2.45) is 5.92 Å². The molecule has 3 N–H and O–H groups in total. The van der Waals surface area contributed by atoms with E-state index in [1.807, 2.05) is 36.4 Å². The number of ether oxygens (including phenoxy) is 1. The molecule has 0 radical (unpaired) electrons. The lowest BCUT2D eigenvalue weighted by atomic mass is 9.88. The highest BCUT2D eigenvalue weighted by molar-refractivity contribution is 14.1. The maximum Gasteiger partial charge on any atom is 0.229 e. The standard InChI is InChI=1S/C27H31IN6O2/c28-22-18-29-27(30-20-10-12-21(13-11-20)34-14-16-36-17-15-34)33-25(22)31-23-8-4-5-9-24(23)32-26(35)19-6-2-1-3-7-19/h4-5,8-13,18-19H,1-3,6-7,14-17H2,(H,32,35)(H2,29,30,31,33). The number of nitrogens with zero attached hydrogens (tertiary/aromatic N) is 3. The van der Waals surface area contributed by atoms with E-state index < -0.39 is 0 Å². The molecule has 0 spiro atoms. The molecule has 1 aromatic heterocycles. The Hall–Kier alpha value is -2.92. The molecule has 5 rings (SSSR count). The van der Waals surface area contributed by atoms with Gasteiger partial charge < -0.3 is 25.6 Å². The Morgan fingerprint density at radius 1 is 0.944 bits per heavy atom. The Labute approximate surface area is 225 Å². The maximum absolute atomic E-state index is 12.8.